The number of anilines is 3. The molecule has 0 bridgehead atoms. The molecule has 0 aliphatic heterocycles. The van der Waals surface area contributed by atoms with Gasteiger partial charge < -0.3 is 65.7 Å². The number of ketones is 6. The number of benzene rings is 5. The highest BCUT2D eigenvalue weighted by Gasteiger charge is 2.27. The van der Waals surface area contributed by atoms with Crippen LogP contribution in [0.2, 0.25) is 0 Å². The van der Waals surface area contributed by atoms with Crippen molar-refractivity contribution < 1.29 is 141 Å². The average molecular weight is 1950 g/mol. The van der Waals surface area contributed by atoms with Crippen molar-refractivity contribution in [1.82, 2.24) is 0 Å². The largest absolute Gasteiger partial charge is 0.481 e. The predicted octanol–water partition coefficient (Wildman–Crippen LogP) is 15.7. The van der Waals surface area contributed by atoms with Crippen molar-refractivity contribution in [3.8, 4) is 37.0 Å². The number of carbonyl (C=O) groups is 16. The Morgan fingerprint density at radius 1 is 0.410 bits per heavy atom. The fourth-order valence-electron chi connectivity index (χ4n) is 11.8. The zero-order valence-electron chi connectivity index (χ0n) is 81.4. The number of hydrogen-bond acceptors (Lipinski definition) is 32. The number of nitro groups is 2. The van der Waals surface area contributed by atoms with Gasteiger partial charge in [0.2, 0.25) is 0 Å². The number of terminal acetylenes is 3. The molecule has 5 rings (SSSR count). The van der Waals surface area contributed by atoms with E-state index in [1.165, 1.54) is 48.5 Å². The van der Waals surface area contributed by atoms with Crippen molar-refractivity contribution in [1.29, 1.82) is 0 Å². The van der Waals surface area contributed by atoms with E-state index in [9.17, 15) is 106 Å². The smallest absolute Gasteiger partial charge is 0.412 e. The second-order valence-corrected chi connectivity index (χ2v) is 31.6. The minimum Gasteiger partial charge on any atom is -0.481 e. The first-order valence-electron chi connectivity index (χ1n) is 44.7. The number of nitro benzene ring substituents is 2. The topological polar surface area (TPSA) is 616 Å². The van der Waals surface area contributed by atoms with Gasteiger partial charge in [-0.3, -0.25) is 97.6 Å². The number of ether oxygens (including phenoxy) is 7. The quantitative estimate of drug-likeness (QED) is 0.00341. The molecule has 11 N–H and O–H groups in total. The highest BCUT2D eigenvalue weighted by Crippen LogP contribution is 2.32. The van der Waals surface area contributed by atoms with Gasteiger partial charge in [-0.25, -0.2) is 14.4 Å². The lowest BCUT2D eigenvalue weighted by Crippen LogP contribution is -2.27. The lowest BCUT2D eigenvalue weighted by atomic mass is 9.87. The van der Waals surface area contributed by atoms with Gasteiger partial charge in [0, 0.05) is 149 Å². The minimum atomic E-state index is -1.07. The molecular weight excluding hydrogens is 1820 g/mol. The Morgan fingerprint density at radius 3 is 0.878 bits per heavy atom. The number of nitrogens with one attached hydrogen (secondary N) is 2. The van der Waals surface area contributed by atoms with Gasteiger partial charge in [0.25, 0.3) is 11.4 Å². The summed E-state index contributed by atoms with van der Waals surface area (Å²) in [5, 5.41) is 55.2. The molecule has 5 unspecified atom stereocenters. The first-order valence-corrected chi connectivity index (χ1v) is 43.9. The average Bonchev–Trinajstić information content (AvgIpc) is 0.851. The number of carboxylic acids is 3. The maximum atomic E-state index is 12.5. The molecule has 39 nitrogen and oxygen atoms in total. The predicted molar refractivity (Wildman–Crippen MR) is 514 cm³/mol. The Balaban J connectivity index is -0.00000163. The summed E-state index contributed by atoms with van der Waals surface area (Å²) in [4.78, 5) is 214. The number of aliphatic carboxylic acids is 3. The molecule has 0 aliphatic rings. The number of hydrogen-bond donors (Lipinski definition) is 8. The van der Waals surface area contributed by atoms with Gasteiger partial charge in [-0.1, -0.05) is 71.8 Å². The highest BCUT2D eigenvalue weighted by molar-refractivity contribution is 5.89. The molecule has 0 fully saturated rings. The number of Topliss-reactive ketones (excluding diaryl/α,β-unsaturated/α-hetero) is 6. The summed E-state index contributed by atoms with van der Waals surface area (Å²) in [6.07, 6.45) is 15.4. The Bertz CT molecular complexity index is 4870. The van der Waals surface area contributed by atoms with Crippen LogP contribution in [0.25, 0.3) is 0 Å². The summed E-state index contributed by atoms with van der Waals surface area (Å²) in [5.41, 5.74) is 19.8. The van der Waals surface area contributed by atoms with E-state index in [2.05, 4.69) is 44.7 Å². The molecule has 0 heterocycles. The van der Waals surface area contributed by atoms with E-state index in [1.807, 2.05) is 12.1 Å². The molecule has 0 saturated heterocycles. The first-order chi connectivity index (χ1) is 66.0. The van der Waals surface area contributed by atoms with E-state index in [-0.39, 0.29) is 206 Å². The van der Waals surface area contributed by atoms with Gasteiger partial charge in [0.05, 0.1) is 103 Å². The fourth-order valence-corrected chi connectivity index (χ4v) is 11.8. The second kappa shape index (κ2) is 74.4. The van der Waals surface area contributed by atoms with Gasteiger partial charge in [0.1, 0.15) is 45.9 Å². The summed E-state index contributed by atoms with van der Waals surface area (Å²) in [6, 6.07) is 31.0. The summed E-state index contributed by atoms with van der Waals surface area (Å²) in [5.74, 6) is -0.648. The molecule has 0 spiro atoms. The van der Waals surface area contributed by atoms with Gasteiger partial charge in [0.15, 0.2) is 6.54 Å². The van der Waals surface area contributed by atoms with Crippen LogP contribution in [-0.4, -0.2) is 184 Å². The number of carboxylic acid groups (broad SMARTS) is 3. The normalized spacial score (nSPS) is 11.3. The monoisotopic (exact) mass is 1950 g/mol. The number of esters is 5. The number of non-ortho nitro benzene ring substituents is 2. The van der Waals surface area contributed by atoms with Gasteiger partial charge in [-0.05, 0) is 152 Å². The molecule has 40 heteroatoms. The molecule has 2 amide bonds. The summed E-state index contributed by atoms with van der Waals surface area (Å²) >= 11 is 0. The van der Waals surface area contributed by atoms with E-state index in [1.54, 1.807) is 137 Å². The molecule has 0 radical (unpaired) electrons. The number of halogens is 1. The molecule has 5 aromatic rings. The Kier molecular flexibility index (Phi) is 67.5. The van der Waals surface area contributed by atoms with Gasteiger partial charge >= 0.3 is 59.9 Å². The Labute approximate surface area is 809 Å². The standard InChI is InChI=1S/C25H33NO6.C21H29NO7.C20H25NO4.C16H19NO7.C9H10N2O4.C4H7NO3.C3H5N.CH3F/c1-6-8-9-21(27)16-19(17-22(28)14-15-23(29)31-7-2)18-10-12-20(13-11-18)26-24(30)32-25(3,4)5;1-5-28-19(26)11-10-17(23)12-15(13-18(24)25)14-6-8-16(9-7-14)22-20(27)29-21(2,3)4;1-3-5-6-18(22)13-16(15-7-9-17(21)10-8-15)14-19(23)11-12-20(24)25-4-2;1-2-24-16(21)8-7-14(18)9-12(10-15(19)20)11-3-5-13(6-4-11)17(22)23;10-8(5-9(12)13)6-1-3-7(4-2-6)11(14)15;1-2-8-4(6)3-5-7;1-2-3-4;1-2/h1,10-13,19H,7-9,14-17H2,2-5H3,(H,26,30);6-9,15H,5,10-13H2,1-4H3,(H,22,27)(H,24,25);1,7-10,16H,4-6,11-14,21H2,2H3;3-6,12H,2,7-10H2,1H3,(H,19,20);1-4,8H,5,10H2,(H,12,13);2-3H2,1H3;1H,3-4H2;1H3/i;;;;;;;1D. The van der Waals surface area contributed by atoms with Crippen LogP contribution in [0.4, 0.5) is 42.4 Å². The van der Waals surface area contributed by atoms with Crippen molar-refractivity contribution in [2.75, 3.05) is 69.6 Å². The molecule has 760 valence electrons. The zero-order valence-corrected chi connectivity index (χ0v) is 80.4. The Hall–Kier alpha value is -14.9. The number of amides is 2. The van der Waals surface area contributed by atoms with Crippen molar-refractivity contribution in [2.45, 2.75) is 252 Å². The van der Waals surface area contributed by atoms with Crippen LogP contribution in [0.15, 0.2) is 127 Å². The molecular formula is C99H131FN8O31. The third-order valence-corrected chi connectivity index (χ3v) is 18.0. The number of nitrogens with zero attached hydrogens (tertiary/aromatic N) is 3. The SMILES string of the molecule is C#CCCC(=O)CC(CC(=O)CCC(=O)OCC)c1ccc(N)cc1.C#CCCC(=O)CC(CC(=O)CCC(=O)OCC)c1ccc(NC(=O)OC(C)(C)C)cc1.C#CCN.CCOC(=O)CCC(=O)CC(CC(=O)O)c1ccc(NC(=O)OC(C)(C)C)cc1.CCOC(=O)CCC(=O)CC(CC(=O)O)c1ccc([N+](=O)[O-])cc1.CCOC(=O)CN=O.NC(CC(=O)O)c1ccc([N+](=O)[O-])cc1.[2H]CF. The van der Waals surface area contributed by atoms with E-state index in [0.29, 0.717) is 72.8 Å². The van der Waals surface area contributed by atoms with Crippen molar-refractivity contribution >= 4 is 123 Å². The fraction of sp³-hybridized carbons (Fsp3) is 0.475. The number of carbonyl (C=O) groups excluding carboxylic acids is 13. The first kappa shape index (κ1) is 126. The summed E-state index contributed by atoms with van der Waals surface area (Å²) in [7, 11) is -1.00. The molecule has 139 heavy (non-hydrogen) atoms. The minimum absolute atomic E-state index is 0.00451. The van der Waals surface area contributed by atoms with E-state index < -0.39 is 100 Å². The van der Waals surface area contributed by atoms with Crippen molar-refractivity contribution in [3.63, 3.8) is 0 Å². The Morgan fingerprint density at radius 2 is 0.647 bits per heavy atom. The van der Waals surface area contributed by atoms with Crippen LogP contribution in [0.3, 0.4) is 0 Å². The lowest BCUT2D eigenvalue weighted by Gasteiger charge is -2.20. The van der Waals surface area contributed by atoms with Gasteiger partial charge in [-0.15, -0.1) is 31.1 Å². The van der Waals surface area contributed by atoms with Crippen molar-refractivity contribution in [2.24, 2.45) is 16.6 Å². The van der Waals surface area contributed by atoms with Crippen molar-refractivity contribution in [3.05, 3.63) is 174 Å². The number of alkyl halides is 1. The van der Waals surface area contributed by atoms with E-state index in [0.717, 1.165) is 11.1 Å². The maximum absolute atomic E-state index is 12.5. The van der Waals surface area contributed by atoms with E-state index >= 15 is 0 Å². The van der Waals surface area contributed by atoms with Crippen LogP contribution in [0.5, 0.6) is 0 Å². The highest BCUT2D eigenvalue weighted by atomic mass is 19.1. The van der Waals surface area contributed by atoms with Crippen LogP contribution in [0.1, 0.15) is 270 Å². The second-order valence-electron chi connectivity index (χ2n) is 31.6. The van der Waals surface area contributed by atoms with Crippen LogP contribution >= 0.6 is 0 Å². The van der Waals surface area contributed by atoms with Crippen LogP contribution < -0.4 is 27.8 Å². The maximum Gasteiger partial charge on any atom is 0.412 e. The molecule has 0 aliphatic carbocycles. The third-order valence-electron chi connectivity index (χ3n) is 18.0. The van der Waals surface area contributed by atoms with Crippen LogP contribution in [0, 0.1) is 62.2 Å². The lowest BCUT2D eigenvalue weighted by molar-refractivity contribution is -0.385. The number of nitrogens with two attached hydrogens (primary N) is 3. The zero-order chi connectivity index (χ0) is 107. The third kappa shape index (κ3) is 67.1. The molecule has 5 aromatic carbocycles. The number of rotatable bonds is 50. The number of nitrogen functional groups attached to an aromatic ring is 1. The molecule has 5 atom stereocenters. The van der Waals surface area contributed by atoms with Crippen LogP contribution in [-0.2, 0) is 100 Å². The molecule has 0 aromatic heterocycles. The summed E-state index contributed by atoms with van der Waals surface area (Å²) < 4.78 is 49.5. The number of nitroso groups, excluding NO2 is 1. The van der Waals surface area contributed by atoms with Gasteiger partial charge in [-0.2, -0.15) is 4.91 Å². The summed E-state index contributed by atoms with van der Waals surface area (Å²) in [6.45, 7) is 20.3. The molecule has 0 saturated carbocycles. The van der Waals surface area contributed by atoms with E-state index in [4.69, 9.17) is 75.2 Å².